The summed E-state index contributed by atoms with van der Waals surface area (Å²) in [5.41, 5.74) is 3.27. The van der Waals surface area contributed by atoms with Gasteiger partial charge in [-0.3, -0.25) is 9.59 Å². The second-order valence-electron chi connectivity index (χ2n) is 7.03. The molecule has 1 aliphatic carbocycles. The number of para-hydroxylation sites is 2. The van der Waals surface area contributed by atoms with Crippen LogP contribution in [0.1, 0.15) is 43.0 Å². The third-order valence-electron chi connectivity index (χ3n) is 5.28. The third kappa shape index (κ3) is 3.37. The van der Waals surface area contributed by atoms with Crippen LogP contribution in [0.25, 0.3) is 22.3 Å². The highest BCUT2D eigenvalue weighted by Crippen LogP contribution is 2.20. The number of carbonyl (C=O) groups is 1. The number of hydrogen-bond donors (Lipinski definition) is 1. The van der Waals surface area contributed by atoms with Crippen molar-refractivity contribution in [1.82, 2.24) is 14.9 Å². The lowest BCUT2D eigenvalue weighted by molar-refractivity contribution is 0.0938. The lowest BCUT2D eigenvalue weighted by Gasteiger charge is -2.13. The number of hydrogen-bond acceptors (Lipinski definition) is 3. The number of aromatic nitrogens is 2. The molecule has 0 bridgehead atoms. The number of nitrogens with zero attached hydrogens (tertiary/aromatic N) is 2. The number of amides is 1. The molecule has 1 saturated carbocycles. The van der Waals surface area contributed by atoms with E-state index in [1.807, 2.05) is 43.3 Å². The molecular formula is C22H23N3O2. The molecule has 0 radical (unpaired) electrons. The summed E-state index contributed by atoms with van der Waals surface area (Å²) in [6.45, 7) is 2.53. The highest BCUT2D eigenvalue weighted by Gasteiger charge is 2.18. The van der Waals surface area contributed by atoms with Gasteiger partial charge in [0.05, 0.1) is 11.0 Å². The fourth-order valence-corrected chi connectivity index (χ4v) is 3.81. The van der Waals surface area contributed by atoms with Crippen molar-refractivity contribution in [3.05, 3.63) is 64.4 Å². The maximum absolute atomic E-state index is 12.9. The summed E-state index contributed by atoms with van der Waals surface area (Å²) >= 11 is 0. The Morgan fingerprint density at radius 3 is 2.52 bits per heavy atom. The maximum Gasteiger partial charge on any atom is 0.277 e. The zero-order valence-corrected chi connectivity index (χ0v) is 15.4. The molecular weight excluding hydrogens is 338 g/mol. The van der Waals surface area contributed by atoms with E-state index in [1.165, 1.54) is 12.8 Å². The maximum atomic E-state index is 12.9. The minimum Gasteiger partial charge on any atom is -0.349 e. The molecule has 1 amide bonds. The van der Waals surface area contributed by atoms with Crippen molar-refractivity contribution in [2.24, 2.45) is 0 Å². The van der Waals surface area contributed by atoms with Crippen LogP contribution in [-0.4, -0.2) is 21.5 Å². The molecule has 2 aromatic carbocycles. The van der Waals surface area contributed by atoms with Crippen molar-refractivity contribution in [2.75, 3.05) is 0 Å². The largest absolute Gasteiger partial charge is 0.349 e. The van der Waals surface area contributed by atoms with Crippen LogP contribution in [0.15, 0.2) is 53.3 Å². The average molecular weight is 361 g/mol. The standard InChI is InChI=1S/C22H23N3O2/c1-2-25-19-10-6-5-9-18(19)24-20(22(25)27)15-11-13-16(14-12-15)21(26)23-17-7-3-4-8-17/h5-6,9-14,17H,2-4,7-8H2,1H3,(H,23,26). The van der Waals surface area contributed by atoms with E-state index in [2.05, 4.69) is 10.3 Å². The molecule has 1 fully saturated rings. The summed E-state index contributed by atoms with van der Waals surface area (Å²) in [7, 11) is 0. The van der Waals surface area contributed by atoms with Gasteiger partial charge in [-0.05, 0) is 44.0 Å². The number of nitrogens with one attached hydrogen (secondary N) is 1. The molecule has 0 aliphatic heterocycles. The molecule has 5 nitrogen and oxygen atoms in total. The fraction of sp³-hybridized carbons (Fsp3) is 0.318. The van der Waals surface area contributed by atoms with Crippen LogP contribution in [0.2, 0.25) is 0 Å². The molecule has 1 N–H and O–H groups in total. The van der Waals surface area contributed by atoms with Gasteiger partial charge in [-0.2, -0.15) is 0 Å². The number of carbonyl (C=O) groups excluding carboxylic acids is 1. The Kier molecular flexibility index (Phi) is 4.75. The van der Waals surface area contributed by atoms with Crippen LogP contribution in [0.5, 0.6) is 0 Å². The summed E-state index contributed by atoms with van der Waals surface area (Å²) in [6, 6.07) is 15.1. The van der Waals surface area contributed by atoms with Crippen molar-refractivity contribution in [3.8, 4) is 11.3 Å². The first kappa shape index (κ1) is 17.5. The number of fused-ring (bicyclic) bond motifs is 1. The normalized spacial score (nSPS) is 14.6. The predicted octanol–water partition coefficient (Wildman–Crippen LogP) is 3.76. The second-order valence-corrected chi connectivity index (χ2v) is 7.03. The van der Waals surface area contributed by atoms with E-state index in [4.69, 9.17) is 0 Å². The SMILES string of the molecule is CCn1c(=O)c(-c2ccc(C(=O)NC3CCCC3)cc2)nc2ccccc21. The number of rotatable bonds is 4. The quantitative estimate of drug-likeness (QED) is 0.770. The van der Waals surface area contributed by atoms with Crippen molar-refractivity contribution in [1.29, 1.82) is 0 Å². The molecule has 3 aromatic rings. The van der Waals surface area contributed by atoms with Crippen LogP contribution in [0.4, 0.5) is 0 Å². The Labute approximate surface area is 158 Å². The predicted molar refractivity (Wildman–Crippen MR) is 107 cm³/mol. The monoisotopic (exact) mass is 361 g/mol. The summed E-state index contributed by atoms with van der Waals surface area (Å²) in [4.78, 5) is 29.9. The van der Waals surface area contributed by atoms with E-state index < -0.39 is 0 Å². The molecule has 5 heteroatoms. The topological polar surface area (TPSA) is 64.0 Å². The molecule has 1 aliphatic rings. The first-order valence-corrected chi connectivity index (χ1v) is 9.58. The van der Waals surface area contributed by atoms with Crippen LogP contribution in [-0.2, 0) is 6.54 Å². The number of benzene rings is 2. The number of aryl methyl sites for hydroxylation is 1. The first-order chi connectivity index (χ1) is 13.2. The van der Waals surface area contributed by atoms with Gasteiger partial charge in [0.1, 0.15) is 5.69 Å². The zero-order valence-electron chi connectivity index (χ0n) is 15.4. The Bertz CT molecular complexity index is 1030. The second kappa shape index (κ2) is 7.35. The average Bonchev–Trinajstić information content (AvgIpc) is 3.21. The molecule has 0 spiro atoms. The fourth-order valence-electron chi connectivity index (χ4n) is 3.81. The minimum atomic E-state index is -0.112. The van der Waals surface area contributed by atoms with Gasteiger partial charge in [0.2, 0.25) is 0 Å². The van der Waals surface area contributed by atoms with Gasteiger partial charge in [-0.15, -0.1) is 0 Å². The highest BCUT2D eigenvalue weighted by molar-refractivity contribution is 5.94. The van der Waals surface area contributed by atoms with E-state index >= 15 is 0 Å². The summed E-state index contributed by atoms with van der Waals surface area (Å²) in [6.07, 6.45) is 4.48. The molecule has 1 heterocycles. The molecule has 4 rings (SSSR count). The van der Waals surface area contributed by atoms with Gasteiger partial charge in [0.15, 0.2) is 0 Å². The van der Waals surface area contributed by atoms with Crippen LogP contribution in [0.3, 0.4) is 0 Å². The van der Waals surface area contributed by atoms with Crippen molar-refractivity contribution >= 4 is 16.9 Å². The summed E-state index contributed by atoms with van der Waals surface area (Å²) < 4.78 is 1.73. The zero-order chi connectivity index (χ0) is 18.8. The Hall–Kier alpha value is -2.95. The summed E-state index contributed by atoms with van der Waals surface area (Å²) in [5.74, 6) is -0.0501. The van der Waals surface area contributed by atoms with E-state index in [0.29, 0.717) is 17.8 Å². The lowest BCUT2D eigenvalue weighted by atomic mass is 10.1. The molecule has 138 valence electrons. The highest BCUT2D eigenvalue weighted by atomic mass is 16.1. The summed E-state index contributed by atoms with van der Waals surface area (Å²) in [5, 5.41) is 3.09. The molecule has 0 atom stereocenters. The van der Waals surface area contributed by atoms with Crippen LogP contribution < -0.4 is 10.9 Å². The minimum absolute atomic E-state index is 0.0501. The van der Waals surface area contributed by atoms with Gasteiger partial charge >= 0.3 is 0 Å². The van der Waals surface area contributed by atoms with E-state index in [-0.39, 0.29) is 17.5 Å². The van der Waals surface area contributed by atoms with Gasteiger partial charge in [0.25, 0.3) is 11.5 Å². The van der Waals surface area contributed by atoms with Crippen LogP contribution >= 0.6 is 0 Å². The van der Waals surface area contributed by atoms with E-state index in [9.17, 15) is 9.59 Å². The van der Waals surface area contributed by atoms with Crippen LogP contribution in [0, 0.1) is 0 Å². The first-order valence-electron chi connectivity index (χ1n) is 9.58. The molecule has 0 unspecified atom stereocenters. The Morgan fingerprint density at radius 2 is 1.81 bits per heavy atom. The van der Waals surface area contributed by atoms with Crippen molar-refractivity contribution in [3.63, 3.8) is 0 Å². The Morgan fingerprint density at radius 1 is 1.11 bits per heavy atom. The molecule has 27 heavy (non-hydrogen) atoms. The van der Waals surface area contributed by atoms with Crippen molar-refractivity contribution in [2.45, 2.75) is 45.2 Å². The smallest absolute Gasteiger partial charge is 0.277 e. The van der Waals surface area contributed by atoms with Crippen molar-refractivity contribution < 1.29 is 4.79 Å². The van der Waals surface area contributed by atoms with Gasteiger partial charge in [0, 0.05) is 23.7 Å². The van der Waals surface area contributed by atoms with Gasteiger partial charge < -0.3 is 9.88 Å². The van der Waals surface area contributed by atoms with Gasteiger partial charge in [-0.25, -0.2) is 4.98 Å². The van der Waals surface area contributed by atoms with Gasteiger partial charge in [-0.1, -0.05) is 37.1 Å². The van der Waals surface area contributed by atoms with E-state index in [1.54, 1.807) is 16.7 Å². The lowest BCUT2D eigenvalue weighted by Crippen LogP contribution is -2.32. The van der Waals surface area contributed by atoms with E-state index in [0.717, 1.165) is 29.4 Å². The Balaban J connectivity index is 1.66. The molecule has 1 aromatic heterocycles. The third-order valence-corrected chi connectivity index (χ3v) is 5.28. The molecule has 0 saturated heterocycles.